The van der Waals surface area contributed by atoms with Crippen molar-refractivity contribution in [3.05, 3.63) is 11.6 Å². The Hall–Kier alpha value is -1.12. The van der Waals surface area contributed by atoms with Gasteiger partial charge in [-0.1, -0.05) is 26.8 Å². The molecule has 3 fully saturated rings. The highest BCUT2D eigenvalue weighted by atomic mass is 16.4. The molecule has 0 aromatic carbocycles. The maximum Gasteiger partial charge on any atom is 0.318 e. The maximum absolute atomic E-state index is 12.2. The molecular formula is C21H30O3. The van der Waals surface area contributed by atoms with Gasteiger partial charge in [0.2, 0.25) is 0 Å². The highest BCUT2D eigenvalue weighted by Crippen LogP contribution is 2.66. The summed E-state index contributed by atoms with van der Waals surface area (Å²) < 4.78 is 0. The normalized spacial score (nSPS) is 50.5. The fourth-order valence-corrected chi connectivity index (χ4v) is 7.13. The third-order valence-electron chi connectivity index (χ3n) is 8.77. The molecule has 3 nitrogen and oxygen atoms in total. The van der Waals surface area contributed by atoms with Gasteiger partial charge in [0, 0.05) is 6.42 Å². The van der Waals surface area contributed by atoms with Crippen LogP contribution in [0.1, 0.15) is 65.7 Å². The first-order chi connectivity index (χ1) is 11.3. The summed E-state index contributed by atoms with van der Waals surface area (Å²) in [6, 6.07) is 0. The SMILES string of the molecule is C[C@H]1CC[C@H]2[C@@H]3CC=C4C(C(=O)O)C(=O)CC[C@]4(C)[C@H]3CC[C@]12C. The first-order valence-corrected chi connectivity index (χ1v) is 9.75. The predicted molar refractivity (Wildman–Crippen MR) is 92.4 cm³/mol. The minimum atomic E-state index is -0.939. The zero-order chi connectivity index (χ0) is 17.3. The number of ketones is 1. The van der Waals surface area contributed by atoms with Crippen LogP contribution in [0, 0.1) is 40.4 Å². The molecule has 0 aromatic heterocycles. The number of allylic oxidation sites excluding steroid dienone is 1. The lowest BCUT2D eigenvalue weighted by atomic mass is 9.46. The highest BCUT2D eigenvalue weighted by Gasteiger charge is 2.59. The van der Waals surface area contributed by atoms with Gasteiger partial charge in [0.05, 0.1) is 0 Å². The molecule has 4 aliphatic rings. The zero-order valence-corrected chi connectivity index (χ0v) is 15.2. The average molecular weight is 330 g/mol. The Morgan fingerprint density at radius 2 is 1.92 bits per heavy atom. The van der Waals surface area contributed by atoms with Crippen LogP contribution < -0.4 is 0 Å². The second-order valence-corrected chi connectivity index (χ2v) is 9.45. The van der Waals surface area contributed by atoms with Gasteiger partial charge in [-0.2, -0.15) is 0 Å². The van der Waals surface area contributed by atoms with Gasteiger partial charge in [0.15, 0.2) is 5.78 Å². The molecule has 0 spiro atoms. The lowest BCUT2D eigenvalue weighted by Crippen LogP contribution is -2.52. The molecule has 0 aliphatic heterocycles. The van der Waals surface area contributed by atoms with Crippen molar-refractivity contribution in [1.29, 1.82) is 0 Å². The summed E-state index contributed by atoms with van der Waals surface area (Å²) >= 11 is 0. The molecule has 7 atom stereocenters. The van der Waals surface area contributed by atoms with Gasteiger partial charge < -0.3 is 5.11 Å². The van der Waals surface area contributed by atoms with Crippen LogP contribution in [0.3, 0.4) is 0 Å². The van der Waals surface area contributed by atoms with E-state index in [9.17, 15) is 14.7 Å². The van der Waals surface area contributed by atoms with Crippen molar-refractivity contribution in [3.63, 3.8) is 0 Å². The van der Waals surface area contributed by atoms with E-state index >= 15 is 0 Å². The summed E-state index contributed by atoms with van der Waals surface area (Å²) in [5, 5.41) is 9.62. The molecule has 3 saturated carbocycles. The number of carbonyl (C=O) groups is 2. The Labute approximate surface area is 144 Å². The Bertz CT molecular complexity index is 621. The Kier molecular flexibility index (Phi) is 3.54. The summed E-state index contributed by atoms with van der Waals surface area (Å²) in [6.07, 6.45) is 9.59. The number of fused-ring (bicyclic) bond motifs is 5. The molecule has 132 valence electrons. The second kappa shape index (κ2) is 5.19. The molecule has 24 heavy (non-hydrogen) atoms. The molecular weight excluding hydrogens is 300 g/mol. The van der Waals surface area contributed by atoms with Crippen LogP contribution >= 0.6 is 0 Å². The summed E-state index contributed by atoms with van der Waals surface area (Å²) in [5.41, 5.74) is 1.34. The number of hydrogen-bond acceptors (Lipinski definition) is 2. The first-order valence-electron chi connectivity index (χ1n) is 9.75. The second-order valence-electron chi connectivity index (χ2n) is 9.45. The lowest BCUT2D eigenvalue weighted by molar-refractivity contribution is -0.148. The summed E-state index contributed by atoms with van der Waals surface area (Å²) in [4.78, 5) is 24.0. The topological polar surface area (TPSA) is 54.4 Å². The molecule has 1 N–H and O–H groups in total. The molecule has 0 saturated heterocycles. The van der Waals surface area contributed by atoms with Crippen molar-refractivity contribution < 1.29 is 14.7 Å². The standard InChI is InChI=1S/C21H30O3/c1-12-4-6-14-13-5-7-16-18(19(23)24)17(22)9-11-21(16,3)15(13)8-10-20(12,14)2/h7,12-15,18H,4-6,8-11H2,1-3H3,(H,23,24)/t12-,13-,14-,15-,18?,20+,21+/m0/s1. The van der Waals surface area contributed by atoms with Crippen molar-refractivity contribution >= 4 is 11.8 Å². The minimum absolute atomic E-state index is 0.0763. The van der Waals surface area contributed by atoms with Gasteiger partial charge in [-0.05, 0) is 78.6 Å². The molecule has 3 heteroatoms. The third kappa shape index (κ3) is 1.96. The monoisotopic (exact) mass is 330 g/mol. The van der Waals surface area contributed by atoms with Crippen molar-refractivity contribution in [2.24, 2.45) is 40.4 Å². The van der Waals surface area contributed by atoms with Gasteiger partial charge in [-0.15, -0.1) is 0 Å². The molecule has 4 aliphatic carbocycles. The number of carboxylic acid groups (broad SMARTS) is 1. The number of hydrogen-bond donors (Lipinski definition) is 1. The summed E-state index contributed by atoms with van der Waals surface area (Å²) in [5.74, 6) is 0.940. The first kappa shape index (κ1) is 16.4. The van der Waals surface area contributed by atoms with Crippen LogP contribution in [0.2, 0.25) is 0 Å². The van der Waals surface area contributed by atoms with Crippen LogP contribution in [0.25, 0.3) is 0 Å². The van der Waals surface area contributed by atoms with Gasteiger partial charge in [0.25, 0.3) is 0 Å². The van der Waals surface area contributed by atoms with Crippen LogP contribution in [-0.2, 0) is 9.59 Å². The van der Waals surface area contributed by atoms with Crippen LogP contribution in [0.5, 0.6) is 0 Å². The van der Waals surface area contributed by atoms with Crippen molar-refractivity contribution in [3.8, 4) is 0 Å². The summed E-state index contributed by atoms with van der Waals surface area (Å²) in [7, 11) is 0. The van der Waals surface area contributed by atoms with E-state index in [2.05, 4.69) is 26.8 Å². The fourth-order valence-electron chi connectivity index (χ4n) is 7.13. The molecule has 0 bridgehead atoms. The highest BCUT2D eigenvalue weighted by molar-refractivity contribution is 6.02. The Morgan fingerprint density at radius 1 is 1.17 bits per heavy atom. The van der Waals surface area contributed by atoms with E-state index in [0.29, 0.717) is 23.7 Å². The van der Waals surface area contributed by atoms with Gasteiger partial charge in [-0.3, -0.25) is 9.59 Å². The Balaban J connectivity index is 1.73. The van der Waals surface area contributed by atoms with E-state index in [4.69, 9.17) is 0 Å². The molecule has 0 radical (unpaired) electrons. The van der Waals surface area contributed by atoms with Gasteiger partial charge in [0.1, 0.15) is 5.92 Å². The third-order valence-corrected chi connectivity index (χ3v) is 8.77. The summed E-state index contributed by atoms with van der Waals surface area (Å²) in [6.45, 7) is 7.18. The number of aliphatic carboxylic acids is 1. The van der Waals surface area contributed by atoms with Crippen molar-refractivity contribution in [2.75, 3.05) is 0 Å². The quantitative estimate of drug-likeness (QED) is 0.570. The van der Waals surface area contributed by atoms with Crippen LogP contribution in [-0.4, -0.2) is 16.9 Å². The van der Waals surface area contributed by atoms with E-state index in [-0.39, 0.29) is 11.2 Å². The maximum atomic E-state index is 12.2. The zero-order valence-electron chi connectivity index (χ0n) is 15.2. The average Bonchev–Trinajstić information content (AvgIpc) is 2.83. The molecule has 0 heterocycles. The Morgan fingerprint density at radius 3 is 2.62 bits per heavy atom. The van der Waals surface area contributed by atoms with E-state index in [1.807, 2.05) is 0 Å². The molecule has 0 aromatic rings. The van der Waals surface area contributed by atoms with Crippen LogP contribution in [0.4, 0.5) is 0 Å². The number of carboxylic acids is 1. The van der Waals surface area contributed by atoms with Crippen molar-refractivity contribution in [1.82, 2.24) is 0 Å². The predicted octanol–water partition coefficient (Wildman–Crippen LogP) is 4.47. The smallest absolute Gasteiger partial charge is 0.318 e. The molecule has 0 amide bonds. The number of Topliss-reactive ketones (excluding diaryl/α,β-unsaturated/α-hetero) is 1. The molecule has 1 unspecified atom stereocenters. The number of rotatable bonds is 1. The lowest BCUT2D eigenvalue weighted by Gasteiger charge is -2.58. The van der Waals surface area contributed by atoms with E-state index in [1.54, 1.807) is 0 Å². The largest absolute Gasteiger partial charge is 0.480 e. The number of carbonyl (C=O) groups excluding carboxylic acids is 1. The minimum Gasteiger partial charge on any atom is -0.480 e. The van der Waals surface area contributed by atoms with Crippen LogP contribution in [0.15, 0.2) is 11.6 Å². The fraction of sp³-hybridized carbons (Fsp3) is 0.810. The van der Waals surface area contributed by atoms with Gasteiger partial charge in [-0.25, -0.2) is 0 Å². The van der Waals surface area contributed by atoms with E-state index in [1.165, 1.54) is 25.7 Å². The molecule has 4 rings (SSSR count). The van der Waals surface area contributed by atoms with E-state index in [0.717, 1.165) is 30.3 Å². The van der Waals surface area contributed by atoms with E-state index < -0.39 is 11.9 Å². The van der Waals surface area contributed by atoms with Gasteiger partial charge >= 0.3 is 5.97 Å². The van der Waals surface area contributed by atoms with Crippen molar-refractivity contribution in [2.45, 2.75) is 65.7 Å².